The molecule has 1 heterocycles. The summed E-state index contributed by atoms with van der Waals surface area (Å²) in [5.41, 5.74) is 6.14. The first kappa shape index (κ1) is 13.8. The Balaban J connectivity index is 2.06. The van der Waals surface area contributed by atoms with E-state index in [9.17, 15) is 9.18 Å². The highest BCUT2D eigenvalue weighted by atomic mass is 19.1. The van der Waals surface area contributed by atoms with Gasteiger partial charge < -0.3 is 15.5 Å². The molecule has 2 rings (SSSR count). The van der Waals surface area contributed by atoms with Crippen molar-refractivity contribution in [2.45, 2.75) is 18.9 Å². The van der Waals surface area contributed by atoms with Gasteiger partial charge in [0.05, 0.1) is 0 Å². The Kier molecular flexibility index (Phi) is 4.04. The zero-order chi connectivity index (χ0) is 14.0. The van der Waals surface area contributed by atoms with Crippen molar-refractivity contribution >= 4 is 11.6 Å². The summed E-state index contributed by atoms with van der Waals surface area (Å²) in [5, 5.41) is 0. The van der Waals surface area contributed by atoms with Crippen LogP contribution in [-0.4, -0.2) is 48.9 Å². The third-order valence-electron chi connectivity index (χ3n) is 3.67. The molecular formula is C14H20FN3O. The minimum Gasteiger partial charge on any atom is -0.399 e. The maximum atomic E-state index is 13.3. The van der Waals surface area contributed by atoms with Crippen LogP contribution in [0.1, 0.15) is 23.2 Å². The molecule has 0 aromatic heterocycles. The number of nitrogens with zero attached hydrogens (tertiary/aromatic N) is 2. The first-order valence-electron chi connectivity index (χ1n) is 6.49. The number of likely N-dealkylation sites (N-methyl/N-ethyl adjacent to an activating group) is 2. The molecule has 5 heteroatoms. The van der Waals surface area contributed by atoms with Gasteiger partial charge >= 0.3 is 0 Å². The third-order valence-corrected chi connectivity index (χ3v) is 3.67. The lowest BCUT2D eigenvalue weighted by atomic mass is 10.1. The highest BCUT2D eigenvalue weighted by Crippen LogP contribution is 2.17. The van der Waals surface area contributed by atoms with E-state index in [1.807, 2.05) is 0 Å². The van der Waals surface area contributed by atoms with E-state index in [-0.39, 0.29) is 11.6 Å². The number of benzene rings is 1. The molecule has 0 spiro atoms. The largest absolute Gasteiger partial charge is 0.399 e. The molecule has 0 saturated carbocycles. The van der Waals surface area contributed by atoms with Crippen LogP contribution in [0.2, 0.25) is 0 Å². The van der Waals surface area contributed by atoms with Crippen LogP contribution >= 0.6 is 0 Å². The van der Waals surface area contributed by atoms with Gasteiger partial charge in [-0.25, -0.2) is 4.39 Å². The van der Waals surface area contributed by atoms with Crippen molar-refractivity contribution in [1.29, 1.82) is 0 Å². The number of carbonyl (C=O) groups excluding carboxylic acids is 1. The summed E-state index contributed by atoms with van der Waals surface area (Å²) in [4.78, 5) is 16.1. The van der Waals surface area contributed by atoms with Gasteiger partial charge in [-0.2, -0.15) is 0 Å². The number of carbonyl (C=O) groups is 1. The molecule has 104 valence electrons. The predicted molar refractivity (Wildman–Crippen MR) is 73.4 cm³/mol. The summed E-state index contributed by atoms with van der Waals surface area (Å²) in [6.45, 7) is 1.73. The van der Waals surface area contributed by atoms with Crippen LogP contribution in [0.5, 0.6) is 0 Å². The van der Waals surface area contributed by atoms with Crippen molar-refractivity contribution in [3.8, 4) is 0 Å². The van der Waals surface area contributed by atoms with Crippen molar-refractivity contribution < 1.29 is 9.18 Å². The molecule has 1 atom stereocenters. The highest BCUT2D eigenvalue weighted by molar-refractivity contribution is 5.94. The third kappa shape index (κ3) is 3.23. The van der Waals surface area contributed by atoms with Crippen molar-refractivity contribution in [3.05, 3.63) is 29.6 Å². The lowest BCUT2D eigenvalue weighted by Gasteiger charge is -2.26. The molecule has 0 bridgehead atoms. The van der Waals surface area contributed by atoms with Gasteiger partial charge in [0, 0.05) is 30.9 Å². The smallest absolute Gasteiger partial charge is 0.253 e. The molecule has 4 nitrogen and oxygen atoms in total. The molecule has 1 aromatic rings. The molecule has 1 aliphatic rings. The van der Waals surface area contributed by atoms with E-state index in [1.54, 1.807) is 11.9 Å². The number of hydrogen-bond donors (Lipinski definition) is 1. The summed E-state index contributed by atoms with van der Waals surface area (Å²) in [5.74, 6) is -0.666. The number of amides is 1. The number of rotatable bonds is 3. The number of nitrogen functional groups attached to an aromatic ring is 1. The average Bonchev–Trinajstić information content (AvgIpc) is 2.72. The summed E-state index contributed by atoms with van der Waals surface area (Å²) in [6.07, 6.45) is 2.26. The average molecular weight is 265 g/mol. The fourth-order valence-corrected chi connectivity index (χ4v) is 2.57. The summed E-state index contributed by atoms with van der Waals surface area (Å²) in [7, 11) is 3.81. The second-order valence-electron chi connectivity index (χ2n) is 5.24. The molecule has 2 N–H and O–H groups in total. The molecule has 0 aliphatic carbocycles. The van der Waals surface area contributed by atoms with Gasteiger partial charge in [0.2, 0.25) is 0 Å². The number of anilines is 1. The minimum absolute atomic E-state index is 0.188. The van der Waals surface area contributed by atoms with Gasteiger partial charge in [0.15, 0.2) is 0 Å². The van der Waals surface area contributed by atoms with E-state index in [1.165, 1.54) is 18.2 Å². The van der Waals surface area contributed by atoms with Crippen LogP contribution in [0, 0.1) is 5.82 Å². The van der Waals surface area contributed by atoms with Crippen LogP contribution < -0.4 is 5.73 Å². The van der Waals surface area contributed by atoms with E-state index < -0.39 is 5.82 Å². The molecule has 1 aliphatic heterocycles. The fraction of sp³-hybridized carbons (Fsp3) is 0.500. The van der Waals surface area contributed by atoms with Crippen molar-refractivity contribution in [2.24, 2.45) is 0 Å². The SMILES string of the molecule is CN(CC1CCCN1C)C(=O)c1cc(N)cc(F)c1. The van der Waals surface area contributed by atoms with E-state index >= 15 is 0 Å². The Morgan fingerprint density at radius 2 is 2.26 bits per heavy atom. The fourth-order valence-electron chi connectivity index (χ4n) is 2.57. The monoisotopic (exact) mass is 265 g/mol. The summed E-state index contributed by atoms with van der Waals surface area (Å²) >= 11 is 0. The number of hydrogen-bond acceptors (Lipinski definition) is 3. The van der Waals surface area contributed by atoms with Gasteiger partial charge in [0.25, 0.3) is 5.91 Å². The first-order chi connectivity index (χ1) is 8.97. The maximum absolute atomic E-state index is 13.3. The summed E-state index contributed by atoms with van der Waals surface area (Å²) < 4.78 is 13.3. The number of nitrogens with two attached hydrogens (primary N) is 1. The van der Waals surface area contributed by atoms with E-state index in [4.69, 9.17) is 5.73 Å². The molecule has 1 saturated heterocycles. The molecular weight excluding hydrogens is 245 g/mol. The van der Waals surface area contributed by atoms with Crippen molar-refractivity contribution in [3.63, 3.8) is 0 Å². The second-order valence-corrected chi connectivity index (χ2v) is 5.24. The van der Waals surface area contributed by atoms with Crippen LogP contribution in [-0.2, 0) is 0 Å². The molecule has 0 radical (unpaired) electrons. The van der Waals surface area contributed by atoms with Crippen LogP contribution in [0.25, 0.3) is 0 Å². The standard InChI is InChI=1S/C14H20FN3O/c1-17-5-3-4-13(17)9-18(2)14(19)10-6-11(15)8-12(16)7-10/h6-8,13H,3-5,9,16H2,1-2H3. The topological polar surface area (TPSA) is 49.6 Å². The molecule has 1 amide bonds. The minimum atomic E-state index is -0.477. The van der Waals surface area contributed by atoms with Gasteiger partial charge in [0.1, 0.15) is 5.82 Å². The van der Waals surface area contributed by atoms with Gasteiger partial charge in [-0.1, -0.05) is 0 Å². The van der Waals surface area contributed by atoms with E-state index in [0.29, 0.717) is 18.2 Å². The maximum Gasteiger partial charge on any atom is 0.253 e. The van der Waals surface area contributed by atoms with Crippen LogP contribution in [0.15, 0.2) is 18.2 Å². The molecule has 19 heavy (non-hydrogen) atoms. The normalized spacial score (nSPS) is 19.6. The highest BCUT2D eigenvalue weighted by Gasteiger charge is 2.24. The van der Waals surface area contributed by atoms with Gasteiger partial charge in [-0.3, -0.25) is 4.79 Å². The molecule has 1 fully saturated rings. The van der Waals surface area contributed by atoms with E-state index in [0.717, 1.165) is 19.4 Å². The van der Waals surface area contributed by atoms with Gasteiger partial charge in [-0.15, -0.1) is 0 Å². The molecule has 1 aromatic carbocycles. The Labute approximate surface area is 113 Å². The van der Waals surface area contributed by atoms with Gasteiger partial charge in [-0.05, 0) is 44.6 Å². The zero-order valence-electron chi connectivity index (χ0n) is 11.4. The zero-order valence-corrected chi connectivity index (χ0v) is 11.4. The van der Waals surface area contributed by atoms with E-state index in [2.05, 4.69) is 11.9 Å². The Morgan fingerprint density at radius 3 is 2.84 bits per heavy atom. The van der Waals surface area contributed by atoms with Crippen molar-refractivity contribution in [2.75, 3.05) is 32.9 Å². The molecule has 1 unspecified atom stereocenters. The Hall–Kier alpha value is -1.62. The number of likely N-dealkylation sites (tertiary alicyclic amines) is 1. The Bertz CT molecular complexity index is 458. The second kappa shape index (κ2) is 5.57. The first-order valence-corrected chi connectivity index (χ1v) is 6.49. The van der Waals surface area contributed by atoms with Crippen LogP contribution in [0.4, 0.5) is 10.1 Å². The quantitative estimate of drug-likeness (QED) is 0.844. The van der Waals surface area contributed by atoms with Crippen LogP contribution in [0.3, 0.4) is 0 Å². The van der Waals surface area contributed by atoms with Crippen molar-refractivity contribution in [1.82, 2.24) is 9.80 Å². The Morgan fingerprint density at radius 1 is 1.53 bits per heavy atom. The lowest BCUT2D eigenvalue weighted by molar-refractivity contribution is 0.0761. The summed E-state index contributed by atoms with van der Waals surface area (Å²) in [6, 6.07) is 4.34. The number of halogens is 1. The lowest BCUT2D eigenvalue weighted by Crippen LogP contribution is -2.39. The predicted octanol–water partition coefficient (Wildman–Crippen LogP) is 1.57.